The van der Waals surface area contributed by atoms with Gasteiger partial charge in [0.1, 0.15) is 17.9 Å². The molecule has 2 rings (SSSR count). The molecule has 0 aliphatic carbocycles. The minimum atomic E-state index is -0.417. The Hall–Kier alpha value is -1.33. The molecule has 0 radical (unpaired) electrons. The molecule has 20 heavy (non-hydrogen) atoms. The van der Waals surface area contributed by atoms with Crippen molar-refractivity contribution in [2.75, 3.05) is 26.2 Å². The number of nitrogens with one attached hydrogen (secondary N) is 1. The molecule has 0 bridgehead atoms. The quantitative estimate of drug-likeness (QED) is 0.639. The molecule has 1 aromatic rings. The fourth-order valence-corrected chi connectivity index (χ4v) is 2.45. The largest absolute Gasteiger partial charge is 0.311 e. The van der Waals surface area contributed by atoms with Gasteiger partial charge in [-0.2, -0.15) is 0 Å². The molecule has 0 unspecified atom stereocenters. The monoisotopic (exact) mass is 282 g/mol. The first-order valence-electron chi connectivity index (χ1n) is 7.01. The summed E-state index contributed by atoms with van der Waals surface area (Å²) in [5.41, 5.74) is 0.352. The number of nitrogens with zero attached hydrogens (tertiary/aromatic N) is 1. The van der Waals surface area contributed by atoms with Gasteiger partial charge in [0.25, 0.3) is 0 Å². The van der Waals surface area contributed by atoms with Gasteiger partial charge in [-0.3, -0.25) is 0 Å². The molecule has 1 aliphatic rings. The van der Waals surface area contributed by atoms with Crippen LogP contribution in [0.25, 0.3) is 0 Å². The predicted octanol–water partition coefficient (Wildman–Crippen LogP) is 1.97. The van der Waals surface area contributed by atoms with Gasteiger partial charge in [-0.25, -0.2) is 8.78 Å². The Balaban J connectivity index is 1.67. The molecule has 1 aromatic carbocycles. The molecule has 1 fully saturated rings. The van der Waals surface area contributed by atoms with Gasteiger partial charge >= 0.3 is 0 Å². The van der Waals surface area contributed by atoms with Crippen molar-refractivity contribution in [1.82, 2.24) is 10.2 Å². The van der Waals surface area contributed by atoms with Crippen molar-refractivity contribution in [2.45, 2.75) is 19.4 Å². The molecular formula is C15H20F2N2O. The highest BCUT2D eigenvalue weighted by Crippen LogP contribution is 2.14. The maximum Gasteiger partial charge on any atom is 0.127 e. The van der Waals surface area contributed by atoms with Crippen molar-refractivity contribution in [2.24, 2.45) is 5.92 Å². The smallest absolute Gasteiger partial charge is 0.127 e. The Morgan fingerprint density at radius 3 is 2.75 bits per heavy atom. The zero-order chi connectivity index (χ0) is 14.4. The minimum absolute atomic E-state index is 0.209. The normalized spacial score (nSPS) is 17.3. The van der Waals surface area contributed by atoms with Crippen molar-refractivity contribution in [3.8, 4) is 0 Å². The van der Waals surface area contributed by atoms with Crippen LogP contribution < -0.4 is 5.32 Å². The maximum atomic E-state index is 13.4. The van der Waals surface area contributed by atoms with Crippen LogP contribution >= 0.6 is 0 Å². The molecule has 0 amide bonds. The maximum absolute atomic E-state index is 13.4. The topological polar surface area (TPSA) is 32.3 Å². The Labute approximate surface area is 118 Å². The average molecular weight is 282 g/mol. The second-order valence-electron chi connectivity index (χ2n) is 5.23. The summed E-state index contributed by atoms with van der Waals surface area (Å²) in [5.74, 6) is -0.592. The van der Waals surface area contributed by atoms with Crippen LogP contribution in [-0.2, 0) is 11.3 Å². The molecule has 0 spiro atoms. The van der Waals surface area contributed by atoms with Crippen LogP contribution in [0.5, 0.6) is 0 Å². The predicted molar refractivity (Wildman–Crippen MR) is 73.3 cm³/mol. The molecule has 0 atom stereocenters. The third-order valence-corrected chi connectivity index (χ3v) is 3.75. The van der Waals surface area contributed by atoms with Gasteiger partial charge in [0, 0.05) is 31.1 Å². The number of hydrogen-bond donors (Lipinski definition) is 1. The molecule has 0 aromatic heterocycles. The third-order valence-electron chi connectivity index (χ3n) is 3.75. The summed E-state index contributed by atoms with van der Waals surface area (Å²) in [6, 6.07) is 3.49. The second kappa shape index (κ2) is 7.45. The first-order chi connectivity index (χ1) is 9.69. The molecule has 3 nitrogen and oxygen atoms in total. The van der Waals surface area contributed by atoms with E-state index in [-0.39, 0.29) is 11.7 Å². The molecular weight excluding hydrogens is 262 g/mol. The van der Waals surface area contributed by atoms with Crippen molar-refractivity contribution in [3.63, 3.8) is 0 Å². The number of aldehydes is 1. The lowest BCUT2D eigenvalue weighted by molar-refractivity contribution is -0.112. The van der Waals surface area contributed by atoms with E-state index in [0.717, 1.165) is 57.4 Å². The van der Waals surface area contributed by atoms with Crippen LogP contribution in [0.2, 0.25) is 0 Å². The van der Waals surface area contributed by atoms with Crippen molar-refractivity contribution >= 4 is 6.29 Å². The highest BCUT2D eigenvalue weighted by molar-refractivity contribution is 5.53. The zero-order valence-corrected chi connectivity index (χ0v) is 11.4. The second-order valence-corrected chi connectivity index (χ2v) is 5.23. The zero-order valence-electron chi connectivity index (χ0n) is 11.4. The van der Waals surface area contributed by atoms with E-state index in [0.29, 0.717) is 12.1 Å². The number of hydrogen-bond acceptors (Lipinski definition) is 3. The van der Waals surface area contributed by atoms with Crippen LogP contribution in [0.15, 0.2) is 18.2 Å². The highest BCUT2D eigenvalue weighted by atomic mass is 19.1. The highest BCUT2D eigenvalue weighted by Gasteiger charge is 2.17. The van der Waals surface area contributed by atoms with E-state index in [1.54, 1.807) is 0 Å². The fourth-order valence-electron chi connectivity index (χ4n) is 2.45. The van der Waals surface area contributed by atoms with E-state index in [2.05, 4.69) is 10.2 Å². The van der Waals surface area contributed by atoms with Crippen molar-refractivity contribution < 1.29 is 13.6 Å². The summed E-state index contributed by atoms with van der Waals surface area (Å²) in [5, 5.41) is 3.12. The summed E-state index contributed by atoms with van der Waals surface area (Å²) in [4.78, 5) is 12.9. The summed E-state index contributed by atoms with van der Waals surface area (Å²) in [6.07, 6.45) is 2.88. The van der Waals surface area contributed by atoms with Gasteiger partial charge in [-0.15, -0.1) is 0 Å². The number of piperidine rings is 1. The Morgan fingerprint density at radius 2 is 2.05 bits per heavy atom. The summed E-state index contributed by atoms with van der Waals surface area (Å²) >= 11 is 0. The Bertz CT molecular complexity index is 445. The van der Waals surface area contributed by atoms with Gasteiger partial charge in [-0.05, 0) is 44.1 Å². The SMILES string of the molecule is O=CC1CCN(CCNCc2cc(F)ccc2F)CC1. The lowest BCUT2D eigenvalue weighted by atomic mass is 9.99. The number of rotatable bonds is 6. The molecule has 1 saturated heterocycles. The summed E-state index contributed by atoms with van der Waals surface area (Å²) in [6.45, 7) is 3.78. The number of carbonyl (C=O) groups excluding carboxylic acids is 1. The van der Waals surface area contributed by atoms with E-state index < -0.39 is 5.82 Å². The summed E-state index contributed by atoms with van der Waals surface area (Å²) in [7, 11) is 0. The van der Waals surface area contributed by atoms with Gasteiger partial charge < -0.3 is 15.0 Å². The van der Waals surface area contributed by atoms with E-state index in [9.17, 15) is 13.6 Å². The van der Waals surface area contributed by atoms with Crippen LogP contribution in [0.4, 0.5) is 8.78 Å². The van der Waals surface area contributed by atoms with Crippen LogP contribution in [0.1, 0.15) is 18.4 Å². The Morgan fingerprint density at radius 1 is 1.30 bits per heavy atom. The number of carbonyl (C=O) groups is 1. The first-order valence-corrected chi connectivity index (χ1v) is 7.01. The standard InChI is InChI=1S/C15H20F2N2O/c16-14-1-2-15(17)13(9-14)10-18-5-8-19-6-3-12(11-20)4-7-19/h1-2,9,11-12,18H,3-8,10H2. The molecule has 5 heteroatoms. The van der Waals surface area contributed by atoms with Gasteiger partial charge in [-0.1, -0.05) is 0 Å². The number of halogens is 2. The average Bonchev–Trinajstić information content (AvgIpc) is 2.47. The number of benzene rings is 1. The third kappa shape index (κ3) is 4.35. The van der Waals surface area contributed by atoms with Gasteiger partial charge in [0.15, 0.2) is 0 Å². The molecule has 0 saturated carbocycles. The van der Waals surface area contributed by atoms with Crippen molar-refractivity contribution in [3.05, 3.63) is 35.4 Å². The molecule has 1 N–H and O–H groups in total. The molecule has 1 aliphatic heterocycles. The minimum Gasteiger partial charge on any atom is -0.311 e. The van der Waals surface area contributed by atoms with Gasteiger partial charge in [0.2, 0.25) is 0 Å². The van der Waals surface area contributed by atoms with E-state index in [1.807, 2.05) is 0 Å². The molecule has 1 heterocycles. The van der Waals surface area contributed by atoms with Crippen LogP contribution in [0.3, 0.4) is 0 Å². The first kappa shape index (κ1) is 15.1. The fraction of sp³-hybridized carbons (Fsp3) is 0.533. The summed E-state index contributed by atoms with van der Waals surface area (Å²) < 4.78 is 26.4. The van der Waals surface area contributed by atoms with Crippen molar-refractivity contribution in [1.29, 1.82) is 0 Å². The molecule has 110 valence electrons. The number of likely N-dealkylation sites (tertiary alicyclic amines) is 1. The van der Waals surface area contributed by atoms with Gasteiger partial charge in [0.05, 0.1) is 0 Å². The van der Waals surface area contributed by atoms with E-state index in [4.69, 9.17) is 0 Å². The Kier molecular flexibility index (Phi) is 5.61. The van der Waals surface area contributed by atoms with Crippen LogP contribution in [0, 0.1) is 17.6 Å². The van der Waals surface area contributed by atoms with E-state index >= 15 is 0 Å². The van der Waals surface area contributed by atoms with Crippen LogP contribution in [-0.4, -0.2) is 37.4 Å². The lowest BCUT2D eigenvalue weighted by Crippen LogP contribution is -2.38. The van der Waals surface area contributed by atoms with E-state index in [1.165, 1.54) is 6.07 Å². The lowest BCUT2D eigenvalue weighted by Gasteiger charge is -2.29.